The van der Waals surface area contributed by atoms with Gasteiger partial charge in [0.15, 0.2) is 0 Å². The molecule has 1 aromatic heterocycles. The number of hydrogen-bond acceptors (Lipinski definition) is 3. The van der Waals surface area contributed by atoms with Gasteiger partial charge in [-0.05, 0) is 31.2 Å². The maximum Gasteiger partial charge on any atom is 0.260 e. The van der Waals surface area contributed by atoms with Gasteiger partial charge in [-0.1, -0.05) is 6.92 Å². The number of anilines is 1. The highest BCUT2D eigenvalue weighted by atomic mass is 16.2. The Kier molecular flexibility index (Phi) is 4.77. The molecule has 1 aliphatic heterocycles. The van der Waals surface area contributed by atoms with Crippen molar-refractivity contribution in [2.24, 2.45) is 5.92 Å². The van der Waals surface area contributed by atoms with E-state index < -0.39 is 5.56 Å². The molecule has 1 atom stereocenters. The predicted molar refractivity (Wildman–Crippen MR) is 80.3 cm³/mol. The van der Waals surface area contributed by atoms with Crippen LogP contribution in [0.3, 0.4) is 0 Å². The zero-order valence-corrected chi connectivity index (χ0v) is 12.4. The van der Waals surface area contributed by atoms with E-state index in [2.05, 4.69) is 17.2 Å². The van der Waals surface area contributed by atoms with Gasteiger partial charge in [0.05, 0.1) is 5.69 Å². The first-order valence-electron chi connectivity index (χ1n) is 7.27. The van der Waals surface area contributed by atoms with Gasteiger partial charge in [0.1, 0.15) is 5.56 Å². The van der Waals surface area contributed by atoms with E-state index >= 15 is 0 Å². The molecule has 0 aromatic carbocycles. The summed E-state index contributed by atoms with van der Waals surface area (Å²) in [5, 5.41) is 2.57. The van der Waals surface area contributed by atoms with E-state index in [1.807, 2.05) is 0 Å². The summed E-state index contributed by atoms with van der Waals surface area (Å²) in [5.74, 6) is 0.0911. The Morgan fingerprint density at radius 2 is 2.10 bits per heavy atom. The van der Waals surface area contributed by atoms with Gasteiger partial charge in [0, 0.05) is 26.2 Å². The number of aromatic nitrogens is 1. The van der Waals surface area contributed by atoms with Gasteiger partial charge in [0.25, 0.3) is 11.5 Å². The second-order valence-electron chi connectivity index (χ2n) is 5.64. The van der Waals surface area contributed by atoms with Crippen LogP contribution < -0.4 is 10.9 Å². The maximum absolute atomic E-state index is 12.5. The van der Waals surface area contributed by atoms with E-state index in [9.17, 15) is 14.4 Å². The topological polar surface area (TPSA) is 82.3 Å². The lowest BCUT2D eigenvalue weighted by atomic mass is 10.0. The van der Waals surface area contributed by atoms with E-state index in [4.69, 9.17) is 0 Å². The van der Waals surface area contributed by atoms with Crippen molar-refractivity contribution in [3.63, 3.8) is 0 Å². The Labute approximate surface area is 123 Å². The molecule has 2 rings (SSSR count). The van der Waals surface area contributed by atoms with Crippen LogP contribution in [0.1, 0.15) is 43.5 Å². The number of nitrogens with one attached hydrogen (secondary N) is 2. The third-order valence-corrected chi connectivity index (χ3v) is 3.76. The predicted octanol–water partition coefficient (Wildman–Crippen LogP) is 1.60. The monoisotopic (exact) mass is 291 g/mol. The zero-order chi connectivity index (χ0) is 15.4. The molecule has 1 saturated heterocycles. The lowest BCUT2D eigenvalue weighted by molar-refractivity contribution is -0.114. The highest BCUT2D eigenvalue weighted by Crippen LogP contribution is 2.18. The van der Waals surface area contributed by atoms with Crippen molar-refractivity contribution in [2.45, 2.75) is 33.1 Å². The molecule has 2 heterocycles. The first-order valence-corrected chi connectivity index (χ1v) is 7.27. The van der Waals surface area contributed by atoms with E-state index in [-0.39, 0.29) is 17.4 Å². The quantitative estimate of drug-likeness (QED) is 0.868. The molecule has 2 amide bonds. The average molecular weight is 291 g/mol. The highest BCUT2D eigenvalue weighted by Gasteiger charge is 2.22. The molecule has 21 heavy (non-hydrogen) atoms. The summed E-state index contributed by atoms with van der Waals surface area (Å²) in [6.45, 7) is 4.90. The summed E-state index contributed by atoms with van der Waals surface area (Å²) >= 11 is 0. The lowest BCUT2D eigenvalue weighted by Crippen LogP contribution is -2.35. The Hall–Kier alpha value is -2.11. The average Bonchev–Trinajstić information content (AvgIpc) is 2.64. The number of nitrogens with zero attached hydrogens (tertiary/aromatic N) is 1. The van der Waals surface area contributed by atoms with Crippen LogP contribution in [0.25, 0.3) is 0 Å². The van der Waals surface area contributed by atoms with Crippen molar-refractivity contribution < 1.29 is 9.59 Å². The van der Waals surface area contributed by atoms with Gasteiger partial charge in [-0.2, -0.15) is 0 Å². The number of likely N-dealkylation sites (tertiary alicyclic amines) is 1. The fourth-order valence-electron chi connectivity index (χ4n) is 2.55. The molecule has 0 bridgehead atoms. The number of amides is 2. The highest BCUT2D eigenvalue weighted by molar-refractivity contribution is 5.96. The Bertz CT molecular complexity index is 594. The van der Waals surface area contributed by atoms with Crippen LogP contribution in [0.15, 0.2) is 17.1 Å². The molecular weight excluding hydrogens is 270 g/mol. The van der Waals surface area contributed by atoms with E-state index in [0.29, 0.717) is 24.7 Å². The number of rotatable bonds is 2. The van der Waals surface area contributed by atoms with Gasteiger partial charge < -0.3 is 15.2 Å². The van der Waals surface area contributed by atoms with Crippen LogP contribution in [0.4, 0.5) is 5.69 Å². The molecule has 2 N–H and O–H groups in total. The number of pyridine rings is 1. The molecule has 114 valence electrons. The van der Waals surface area contributed by atoms with Crippen LogP contribution in [0.5, 0.6) is 0 Å². The molecule has 0 saturated carbocycles. The summed E-state index contributed by atoms with van der Waals surface area (Å²) < 4.78 is 0. The molecule has 6 heteroatoms. The molecule has 1 aliphatic rings. The number of carbonyl (C=O) groups is 2. The van der Waals surface area contributed by atoms with Crippen LogP contribution in [-0.2, 0) is 4.79 Å². The molecule has 0 aliphatic carbocycles. The number of hydrogen-bond donors (Lipinski definition) is 2. The van der Waals surface area contributed by atoms with Crippen LogP contribution in [0.2, 0.25) is 0 Å². The van der Waals surface area contributed by atoms with Gasteiger partial charge >= 0.3 is 0 Å². The molecule has 6 nitrogen and oxygen atoms in total. The van der Waals surface area contributed by atoms with Crippen molar-refractivity contribution in [3.8, 4) is 0 Å². The number of aromatic amines is 1. The van der Waals surface area contributed by atoms with Crippen molar-refractivity contribution in [3.05, 3.63) is 28.2 Å². The minimum atomic E-state index is -0.425. The van der Waals surface area contributed by atoms with Crippen molar-refractivity contribution >= 4 is 17.5 Å². The summed E-state index contributed by atoms with van der Waals surface area (Å²) in [6, 6.07) is 1.44. The minimum absolute atomic E-state index is 0.0794. The largest absolute Gasteiger partial charge is 0.338 e. The maximum atomic E-state index is 12.5. The fourth-order valence-corrected chi connectivity index (χ4v) is 2.55. The second kappa shape index (κ2) is 6.56. The van der Waals surface area contributed by atoms with Gasteiger partial charge in [-0.15, -0.1) is 0 Å². The Morgan fingerprint density at radius 1 is 1.33 bits per heavy atom. The molecule has 1 unspecified atom stereocenters. The third-order valence-electron chi connectivity index (χ3n) is 3.76. The van der Waals surface area contributed by atoms with E-state index in [1.165, 1.54) is 19.2 Å². The summed E-state index contributed by atoms with van der Waals surface area (Å²) in [4.78, 5) is 39.7. The number of carbonyl (C=O) groups excluding carboxylic acids is 2. The van der Waals surface area contributed by atoms with Crippen LogP contribution in [-0.4, -0.2) is 34.8 Å². The van der Waals surface area contributed by atoms with Gasteiger partial charge in [0.2, 0.25) is 5.91 Å². The lowest BCUT2D eigenvalue weighted by Gasteiger charge is -2.20. The summed E-state index contributed by atoms with van der Waals surface area (Å²) in [6.07, 6.45) is 4.41. The normalized spacial score (nSPS) is 19.0. The molecule has 1 aromatic rings. The molecule has 1 fully saturated rings. The zero-order valence-electron chi connectivity index (χ0n) is 12.4. The Balaban J connectivity index is 2.21. The number of H-pyrrole nitrogens is 1. The smallest absolute Gasteiger partial charge is 0.260 e. The van der Waals surface area contributed by atoms with Gasteiger partial charge in [-0.25, -0.2) is 0 Å². The fraction of sp³-hybridized carbons (Fsp3) is 0.533. The first-order chi connectivity index (χ1) is 9.97. The van der Waals surface area contributed by atoms with Crippen molar-refractivity contribution in [2.75, 3.05) is 18.4 Å². The Morgan fingerprint density at radius 3 is 2.81 bits per heavy atom. The van der Waals surface area contributed by atoms with Crippen molar-refractivity contribution in [1.82, 2.24) is 9.88 Å². The molecule has 0 radical (unpaired) electrons. The second-order valence-corrected chi connectivity index (χ2v) is 5.64. The first kappa shape index (κ1) is 15.3. The standard InChI is InChI=1S/C15H21N3O3/c1-10-4-3-6-18(7-5-10)15(21)13-8-12(17-11(2)19)9-16-14(13)20/h8-10H,3-7H2,1-2H3,(H,16,20)(H,17,19). The van der Waals surface area contributed by atoms with Crippen LogP contribution >= 0.6 is 0 Å². The molecular formula is C15H21N3O3. The minimum Gasteiger partial charge on any atom is -0.338 e. The van der Waals surface area contributed by atoms with Crippen LogP contribution in [0, 0.1) is 5.92 Å². The van der Waals surface area contributed by atoms with E-state index in [1.54, 1.807) is 4.90 Å². The summed E-state index contributed by atoms with van der Waals surface area (Å²) in [7, 11) is 0. The summed E-state index contributed by atoms with van der Waals surface area (Å²) in [5.41, 5.74) is 0.0795. The SMILES string of the molecule is CC(=O)Nc1c[nH]c(=O)c(C(=O)N2CCCC(C)CC2)c1. The van der Waals surface area contributed by atoms with Gasteiger partial charge in [-0.3, -0.25) is 14.4 Å². The third kappa shape index (κ3) is 3.93. The van der Waals surface area contributed by atoms with Crippen molar-refractivity contribution in [1.29, 1.82) is 0 Å². The molecule has 0 spiro atoms. The van der Waals surface area contributed by atoms with E-state index in [0.717, 1.165) is 19.3 Å².